The highest BCUT2D eigenvalue weighted by atomic mass is 15.1. The minimum absolute atomic E-state index is 0.336. The first-order valence-corrected chi connectivity index (χ1v) is 3.74. The fraction of sp³-hybridized carbons (Fsp3) is 0.778. The van der Waals surface area contributed by atoms with Crippen molar-refractivity contribution < 1.29 is 0 Å². The molecule has 60 valence electrons. The maximum atomic E-state index is 3.72. The Bertz CT molecular complexity index is 110. The lowest BCUT2D eigenvalue weighted by molar-refractivity contribution is 0.189. The fourth-order valence-corrected chi connectivity index (χ4v) is 0.769. The van der Waals surface area contributed by atoms with Gasteiger partial charge in [-0.1, -0.05) is 27.4 Å². The molecule has 0 fully saturated rings. The van der Waals surface area contributed by atoms with Gasteiger partial charge in [0, 0.05) is 13.1 Å². The molecule has 10 heavy (non-hydrogen) atoms. The van der Waals surface area contributed by atoms with E-state index in [0.717, 1.165) is 0 Å². The lowest BCUT2D eigenvalue weighted by Gasteiger charge is -2.34. The summed E-state index contributed by atoms with van der Waals surface area (Å²) in [5.74, 6) is 0. The van der Waals surface area contributed by atoms with Crippen LogP contribution >= 0.6 is 0 Å². The molecule has 0 amide bonds. The van der Waals surface area contributed by atoms with E-state index in [0.29, 0.717) is 11.5 Å². The summed E-state index contributed by atoms with van der Waals surface area (Å²) in [6.45, 7) is 12.6. The molecular formula is C9H19N. The van der Waals surface area contributed by atoms with E-state index in [2.05, 4.69) is 46.2 Å². The van der Waals surface area contributed by atoms with Gasteiger partial charge in [-0.25, -0.2) is 0 Å². The summed E-state index contributed by atoms with van der Waals surface area (Å²) < 4.78 is 0. The largest absolute Gasteiger partial charge is 0.378 e. The predicted molar refractivity (Wildman–Crippen MR) is 46.9 cm³/mol. The van der Waals surface area contributed by atoms with E-state index in [1.165, 1.54) is 0 Å². The van der Waals surface area contributed by atoms with Crippen LogP contribution in [0.15, 0.2) is 12.8 Å². The molecule has 0 saturated carbocycles. The standard InChI is InChI=1S/C9H19N/c1-7-10(6)8(2)9(3,4)5/h7-8H,1H2,2-6H3. The minimum Gasteiger partial charge on any atom is -0.378 e. The zero-order valence-electron chi connectivity index (χ0n) is 7.81. The van der Waals surface area contributed by atoms with Crippen molar-refractivity contribution in [3.8, 4) is 0 Å². The summed E-state index contributed by atoms with van der Waals surface area (Å²) in [5, 5.41) is 0. The molecular weight excluding hydrogens is 122 g/mol. The molecule has 0 N–H and O–H groups in total. The molecule has 0 rings (SSSR count). The first-order chi connectivity index (χ1) is 4.39. The third-order valence-electron chi connectivity index (χ3n) is 2.15. The Balaban J connectivity index is 4.07. The number of hydrogen-bond acceptors (Lipinski definition) is 1. The summed E-state index contributed by atoms with van der Waals surface area (Å²) in [6.07, 6.45) is 1.87. The third-order valence-corrected chi connectivity index (χ3v) is 2.15. The Morgan fingerprint density at radius 1 is 1.40 bits per heavy atom. The summed E-state index contributed by atoms with van der Waals surface area (Å²) in [5.41, 5.74) is 0.336. The van der Waals surface area contributed by atoms with E-state index >= 15 is 0 Å². The third kappa shape index (κ3) is 2.42. The minimum atomic E-state index is 0.336. The average molecular weight is 141 g/mol. The van der Waals surface area contributed by atoms with Gasteiger partial charge in [0.05, 0.1) is 0 Å². The Hall–Kier alpha value is -0.460. The molecule has 1 nitrogen and oxygen atoms in total. The van der Waals surface area contributed by atoms with Gasteiger partial charge in [0.2, 0.25) is 0 Å². The topological polar surface area (TPSA) is 3.24 Å². The molecule has 0 spiro atoms. The van der Waals surface area contributed by atoms with Crippen molar-refractivity contribution in [3.63, 3.8) is 0 Å². The van der Waals surface area contributed by atoms with Crippen molar-refractivity contribution in [2.75, 3.05) is 7.05 Å². The van der Waals surface area contributed by atoms with Crippen LogP contribution in [0.1, 0.15) is 27.7 Å². The van der Waals surface area contributed by atoms with Crippen LogP contribution in [0.4, 0.5) is 0 Å². The van der Waals surface area contributed by atoms with Crippen LogP contribution < -0.4 is 0 Å². The van der Waals surface area contributed by atoms with Crippen LogP contribution in [0.2, 0.25) is 0 Å². The van der Waals surface area contributed by atoms with Crippen molar-refractivity contribution in [3.05, 3.63) is 12.8 Å². The Morgan fingerprint density at radius 3 is 1.90 bits per heavy atom. The molecule has 0 aliphatic heterocycles. The van der Waals surface area contributed by atoms with Crippen molar-refractivity contribution in [2.45, 2.75) is 33.7 Å². The van der Waals surface area contributed by atoms with Crippen molar-refractivity contribution in [1.29, 1.82) is 0 Å². The molecule has 0 radical (unpaired) electrons. The van der Waals surface area contributed by atoms with Crippen LogP contribution in [0.5, 0.6) is 0 Å². The average Bonchev–Trinajstić information content (AvgIpc) is 1.83. The molecule has 0 bridgehead atoms. The quantitative estimate of drug-likeness (QED) is 0.571. The molecule has 1 unspecified atom stereocenters. The smallest absolute Gasteiger partial charge is 0.0301 e. The molecule has 1 atom stereocenters. The second-order valence-electron chi connectivity index (χ2n) is 3.89. The van der Waals surface area contributed by atoms with Gasteiger partial charge in [-0.15, -0.1) is 0 Å². The van der Waals surface area contributed by atoms with E-state index in [1.54, 1.807) is 0 Å². The van der Waals surface area contributed by atoms with E-state index in [1.807, 2.05) is 6.20 Å². The second-order valence-corrected chi connectivity index (χ2v) is 3.89. The normalized spacial score (nSPS) is 14.5. The molecule has 0 aromatic heterocycles. The van der Waals surface area contributed by atoms with E-state index in [4.69, 9.17) is 0 Å². The molecule has 0 heterocycles. The van der Waals surface area contributed by atoms with Gasteiger partial charge in [-0.2, -0.15) is 0 Å². The SMILES string of the molecule is C=CN(C)C(C)C(C)(C)C. The first-order valence-electron chi connectivity index (χ1n) is 3.74. The maximum Gasteiger partial charge on any atom is 0.0301 e. The highest BCUT2D eigenvalue weighted by molar-refractivity contribution is 4.82. The second kappa shape index (κ2) is 3.09. The Morgan fingerprint density at radius 2 is 1.80 bits per heavy atom. The lowest BCUT2D eigenvalue weighted by atomic mass is 9.87. The monoisotopic (exact) mass is 141 g/mol. The zero-order valence-corrected chi connectivity index (χ0v) is 7.81. The van der Waals surface area contributed by atoms with Crippen LogP contribution in [0.25, 0.3) is 0 Å². The number of rotatable bonds is 2. The summed E-state index contributed by atoms with van der Waals surface area (Å²) >= 11 is 0. The number of hydrogen-bond donors (Lipinski definition) is 0. The van der Waals surface area contributed by atoms with Gasteiger partial charge in [-0.05, 0) is 18.5 Å². The molecule has 0 aromatic carbocycles. The van der Waals surface area contributed by atoms with Crippen LogP contribution in [0.3, 0.4) is 0 Å². The van der Waals surface area contributed by atoms with Gasteiger partial charge in [-0.3, -0.25) is 0 Å². The molecule has 0 saturated heterocycles. The molecule has 1 heteroatoms. The highest BCUT2D eigenvalue weighted by Gasteiger charge is 2.21. The van der Waals surface area contributed by atoms with Gasteiger partial charge in [0.1, 0.15) is 0 Å². The van der Waals surface area contributed by atoms with Gasteiger partial charge < -0.3 is 4.90 Å². The predicted octanol–water partition coefficient (Wildman–Crippen LogP) is 2.50. The van der Waals surface area contributed by atoms with Crippen LogP contribution in [-0.4, -0.2) is 18.0 Å². The lowest BCUT2D eigenvalue weighted by Crippen LogP contribution is -2.35. The Labute approximate surface area is 64.7 Å². The van der Waals surface area contributed by atoms with Crippen molar-refractivity contribution in [2.24, 2.45) is 5.41 Å². The summed E-state index contributed by atoms with van der Waals surface area (Å²) in [7, 11) is 2.06. The molecule has 0 aromatic rings. The number of nitrogens with zero attached hydrogens (tertiary/aromatic N) is 1. The van der Waals surface area contributed by atoms with Gasteiger partial charge >= 0.3 is 0 Å². The van der Waals surface area contributed by atoms with Gasteiger partial charge in [0.15, 0.2) is 0 Å². The van der Waals surface area contributed by atoms with Crippen LogP contribution in [0, 0.1) is 5.41 Å². The van der Waals surface area contributed by atoms with Crippen molar-refractivity contribution >= 4 is 0 Å². The molecule has 0 aliphatic carbocycles. The maximum absolute atomic E-state index is 3.72. The molecule has 0 aliphatic rings. The summed E-state index contributed by atoms with van der Waals surface area (Å²) in [6, 6.07) is 0.546. The highest BCUT2D eigenvalue weighted by Crippen LogP contribution is 2.22. The zero-order chi connectivity index (χ0) is 8.36. The Kier molecular flexibility index (Phi) is 2.95. The fourth-order valence-electron chi connectivity index (χ4n) is 0.769. The van der Waals surface area contributed by atoms with Gasteiger partial charge in [0.25, 0.3) is 0 Å². The summed E-state index contributed by atoms with van der Waals surface area (Å²) in [4.78, 5) is 2.14. The van der Waals surface area contributed by atoms with Crippen LogP contribution in [-0.2, 0) is 0 Å². The van der Waals surface area contributed by atoms with Crippen molar-refractivity contribution in [1.82, 2.24) is 4.90 Å². The first kappa shape index (κ1) is 9.54. The van der Waals surface area contributed by atoms with E-state index in [-0.39, 0.29) is 0 Å². The van der Waals surface area contributed by atoms with E-state index in [9.17, 15) is 0 Å². The van der Waals surface area contributed by atoms with E-state index < -0.39 is 0 Å².